The van der Waals surface area contributed by atoms with Gasteiger partial charge in [0.05, 0.1) is 18.6 Å². The summed E-state index contributed by atoms with van der Waals surface area (Å²) in [6, 6.07) is 26.0. The summed E-state index contributed by atoms with van der Waals surface area (Å²) < 4.78 is 13.9. The number of ether oxygens (including phenoxy) is 2. The van der Waals surface area contributed by atoms with Crippen LogP contribution in [-0.4, -0.2) is 29.2 Å². The van der Waals surface area contributed by atoms with Gasteiger partial charge in [0.15, 0.2) is 0 Å². The van der Waals surface area contributed by atoms with Crippen molar-refractivity contribution in [3.63, 3.8) is 0 Å². The van der Waals surface area contributed by atoms with E-state index in [9.17, 15) is 9.59 Å². The van der Waals surface area contributed by atoms with Gasteiger partial charge in [-0.05, 0) is 105 Å². The van der Waals surface area contributed by atoms with Crippen LogP contribution in [0.5, 0.6) is 11.5 Å². The maximum Gasteiger partial charge on any atom is 0.293 e. The molecule has 0 unspecified atom stereocenters. The van der Waals surface area contributed by atoms with Gasteiger partial charge in [0, 0.05) is 5.39 Å². The zero-order chi connectivity index (χ0) is 26.6. The van der Waals surface area contributed by atoms with Crippen molar-refractivity contribution >= 4 is 84.9 Å². The Hall–Kier alpha value is -2.57. The highest BCUT2D eigenvalue weighted by Crippen LogP contribution is 2.35. The topological polar surface area (TPSA) is 55.8 Å². The molecule has 0 atom stereocenters. The quantitative estimate of drug-likeness (QED) is 0.135. The van der Waals surface area contributed by atoms with Crippen LogP contribution in [0.15, 0.2) is 83.8 Å². The second kappa shape index (κ2) is 12.1. The molecule has 38 heavy (non-hydrogen) atoms. The average Bonchev–Trinajstić information content (AvgIpc) is 3.16. The molecule has 5 rings (SSSR count). The molecule has 5 nitrogen and oxygen atoms in total. The van der Waals surface area contributed by atoms with Crippen molar-refractivity contribution in [2.24, 2.45) is 0 Å². The fraction of sp³-hybridized carbons (Fsp3) is 0.133. The summed E-state index contributed by atoms with van der Waals surface area (Å²) in [4.78, 5) is 27.3. The Kier molecular flexibility index (Phi) is 8.59. The predicted octanol–water partition coefficient (Wildman–Crippen LogP) is 8.05. The van der Waals surface area contributed by atoms with Crippen LogP contribution in [0.25, 0.3) is 16.8 Å². The third-order valence-corrected chi connectivity index (χ3v) is 8.53. The minimum atomic E-state index is -0.300. The van der Waals surface area contributed by atoms with Gasteiger partial charge in [-0.2, -0.15) is 0 Å². The fourth-order valence-electron chi connectivity index (χ4n) is 4.05. The molecule has 1 saturated heterocycles. The summed E-state index contributed by atoms with van der Waals surface area (Å²) in [6.45, 7) is 2.95. The van der Waals surface area contributed by atoms with E-state index in [0.29, 0.717) is 11.5 Å². The first-order valence-corrected chi connectivity index (χ1v) is 14.9. The first-order chi connectivity index (χ1) is 18.4. The molecule has 1 heterocycles. The lowest BCUT2D eigenvalue weighted by Gasteiger charge is -2.14. The average molecular weight is 747 g/mol. The summed E-state index contributed by atoms with van der Waals surface area (Å²) >= 11 is 5.45. The van der Waals surface area contributed by atoms with Crippen molar-refractivity contribution in [3.8, 4) is 11.5 Å². The zero-order valence-corrected chi connectivity index (χ0v) is 25.6. The van der Waals surface area contributed by atoms with Crippen LogP contribution in [0.1, 0.15) is 16.7 Å². The van der Waals surface area contributed by atoms with E-state index in [4.69, 9.17) is 9.47 Å². The Balaban J connectivity index is 1.24. The minimum absolute atomic E-state index is 0.187. The second-order valence-electron chi connectivity index (χ2n) is 8.75. The van der Waals surface area contributed by atoms with Crippen molar-refractivity contribution in [3.05, 3.63) is 108 Å². The van der Waals surface area contributed by atoms with Crippen LogP contribution < -0.4 is 9.47 Å². The van der Waals surface area contributed by atoms with Crippen molar-refractivity contribution in [2.45, 2.75) is 13.5 Å². The van der Waals surface area contributed by atoms with Crippen LogP contribution in [-0.2, 0) is 11.4 Å². The first-order valence-electron chi connectivity index (χ1n) is 11.9. The number of rotatable bonds is 8. The van der Waals surface area contributed by atoms with E-state index in [1.165, 1.54) is 10.5 Å². The summed E-state index contributed by atoms with van der Waals surface area (Å²) in [5.74, 6) is 1.24. The number of carbonyl (C=O) groups excluding carboxylic acids is 2. The van der Waals surface area contributed by atoms with Crippen LogP contribution >= 0.6 is 56.9 Å². The van der Waals surface area contributed by atoms with Gasteiger partial charge >= 0.3 is 0 Å². The maximum absolute atomic E-state index is 13.0. The highest BCUT2D eigenvalue weighted by atomic mass is 127. The van der Waals surface area contributed by atoms with Crippen LogP contribution in [0.2, 0.25) is 0 Å². The van der Waals surface area contributed by atoms with Gasteiger partial charge in [0.25, 0.3) is 11.1 Å². The van der Waals surface area contributed by atoms with Gasteiger partial charge in [-0.1, -0.05) is 66.2 Å². The van der Waals surface area contributed by atoms with E-state index in [1.807, 2.05) is 54.6 Å². The third kappa shape index (κ3) is 6.18. The van der Waals surface area contributed by atoms with Gasteiger partial charge < -0.3 is 9.47 Å². The fourth-order valence-corrected chi connectivity index (χ4v) is 7.05. The molecule has 8 heteroatoms. The number of thioether (sulfide) groups is 1. The summed E-state index contributed by atoms with van der Waals surface area (Å²) in [7, 11) is 0. The largest absolute Gasteiger partial charge is 0.491 e. The molecule has 0 bridgehead atoms. The molecule has 0 aromatic heterocycles. The van der Waals surface area contributed by atoms with Crippen molar-refractivity contribution < 1.29 is 19.1 Å². The molecular formula is C30H23I2NO4S. The van der Waals surface area contributed by atoms with Crippen LogP contribution in [0, 0.1) is 14.1 Å². The van der Waals surface area contributed by atoms with E-state index >= 15 is 0 Å². The normalized spacial score (nSPS) is 14.5. The molecule has 0 spiro atoms. The second-order valence-corrected chi connectivity index (χ2v) is 12.1. The van der Waals surface area contributed by atoms with Gasteiger partial charge in [-0.25, -0.2) is 0 Å². The van der Waals surface area contributed by atoms with Gasteiger partial charge in [-0.3, -0.25) is 14.5 Å². The molecule has 1 aliphatic rings. The lowest BCUT2D eigenvalue weighted by molar-refractivity contribution is -0.123. The van der Waals surface area contributed by atoms with E-state index < -0.39 is 0 Å². The number of hydrogen-bond acceptors (Lipinski definition) is 5. The van der Waals surface area contributed by atoms with E-state index in [2.05, 4.69) is 76.4 Å². The smallest absolute Gasteiger partial charge is 0.293 e. The minimum Gasteiger partial charge on any atom is -0.491 e. The van der Waals surface area contributed by atoms with Gasteiger partial charge in [0.2, 0.25) is 0 Å². The Labute approximate surface area is 252 Å². The van der Waals surface area contributed by atoms with Crippen molar-refractivity contribution in [2.75, 3.05) is 13.2 Å². The Bertz CT molecular complexity index is 1520. The standard InChI is InChI=1S/C30H23I2NO4S/c1-19-9-11-20(12-10-19)18-37-28-24(31)15-21(16-25(28)32)17-27-29(34)33(30(35)38-27)13-14-36-26-8-4-6-22-5-2-3-7-23(22)26/h2-12,15-17H,13-14,18H2,1H3/b27-17-. The zero-order valence-electron chi connectivity index (χ0n) is 20.4. The third-order valence-electron chi connectivity index (χ3n) is 6.02. The monoisotopic (exact) mass is 747 g/mol. The first kappa shape index (κ1) is 27.0. The van der Waals surface area contributed by atoms with Gasteiger partial charge in [-0.15, -0.1) is 0 Å². The molecule has 4 aromatic rings. The number of fused-ring (bicyclic) bond motifs is 1. The number of benzene rings is 4. The lowest BCUT2D eigenvalue weighted by Crippen LogP contribution is -2.32. The van der Waals surface area contributed by atoms with Crippen LogP contribution in [0.3, 0.4) is 0 Å². The molecule has 0 saturated carbocycles. The molecule has 0 aliphatic carbocycles. The summed E-state index contributed by atoms with van der Waals surface area (Å²) in [5, 5.41) is 1.79. The van der Waals surface area contributed by atoms with Crippen molar-refractivity contribution in [1.82, 2.24) is 4.90 Å². The molecule has 1 fully saturated rings. The Morgan fingerprint density at radius 1 is 0.895 bits per heavy atom. The highest BCUT2D eigenvalue weighted by molar-refractivity contribution is 14.1. The van der Waals surface area contributed by atoms with E-state index in [1.54, 1.807) is 6.08 Å². The molecule has 4 aromatic carbocycles. The van der Waals surface area contributed by atoms with Crippen molar-refractivity contribution in [1.29, 1.82) is 0 Å². The molecular weight excluding hydrogens is 724 g/mol. The predicted molar refractivity (Wildman–Crippen MR) is 170 cm³/mol. The number of imide groups is 1. The summed E-state index contributed by atoms with van der Waals surface area (Å²) in [6.07, 6.45) is 1.77. The Morgan fingerprint density at radius 3 is 2.37 bits per heavy atom. The number of aryl methyl sites for hydroxylation is 1. The highest BCUT2D eigenvalue weighted by Gasteiger charge is 2.35. The summed E-state index contributed by atoms with van der Waals surface area (Å²) in [5.41, 5.74) is 3.16. The van der Waals surface area contributed by atoms with E-state index in [-0.39, 0.29) is 24.3 Å². The molecule has 1 aliphatic heterocycles. The van der Waals surface area contributed by atoms with Gasteiger partial charge in [0.1, 0.15) is 24.7 Å². The molecule has 0 radical (unpaired) electrons. The Morgan fingerprint density at radius 2 is 1.61 bits per heavy atom. The lowest BCUT2D eigenvalue weighted by atomic mass is 10.1. The molecule has 0 N–H and O–H groups in total. The number of nitrogens with zero attached hydrogens (tertiary/aromatic N) is 1. The number of amides is 2. The number of halogens is 2. The maximum atomic E-state index is 13.0. The molecule has 192 valence electrons. The number of hydrogen-bond donors (Lipinski definition) is 0. The van der Waals surface area contributed by atoms with Crippen LogP contribution in [0.4, 0.5) is 4.79 Å². The van der Waals surface area contributed by atoms with E-state index in [0.717, 1.165) is 52.3 Å². The SMILES string of the molecule is Cc1ccc(COc2c(I)cc(/C=C3\SC(=O)N(CCOc4cccc5ccccc45)C3=O)cc2I)cc1. The number of carbonyl (C=O) groups is 2. The molecule has 2 amide bonds.